The van der Waals surface area contributed by atoms with Crippen LogP contribution < -0.4 is 10.2 Å². The van der Waals surface area contributed by atoms with Crippen molar-refractivity contribution in [2.75, 3.05) is 31.1 Å². The lowest BCUT2D eigenvalue weighted by molar-refractivity contribution is -0.139. The predicted octanol–water partition coefficient (Wildman–Crippen LogP) is 1.50. The molecule has 1 N–H and O–H groups in total. The van der Waals surface area contributed by atoms with Gasteiger partial charge in [0, 0.05) is 50.5 Å². The molecule has 154 valence electrons. The van der Waals surface area contributed by atoms with Gasteiger partial charge < -0.3 is 15.1 Å². The molecule has 2 fully saturated rings. The first kappa shape index (κ1) is 18.6. The minimum atomic E-state index is -0.157. The minimum Gasteiger partial charge on any atom is -0.371 e. The number of aryl methyl sites for hydroxylation is 1. The molecule has 0 saturated carbocycles. The Morgan fingerprint density at radius 3 is 2.73 bits per heavy atom. The van der Waals surface area contributed by atoms with Gasteiger partial charge >= 0.3 is 0 Å². The Balaban J connectivity index is 1.15. The molecule has 3 aromatic rings. The van der Waals surface area contributed by atoms with Crippen molar-refractivity contribution in [3.63, 3.8) is 0 Å². The maximum Gasteiger partial charge on any atom is 0.270 e. The summed E-state index contributed by atoms with van der Waals surface area (Å²) in [6, 6.07) is 7.81. The van der Waals surface area contributed by atoms with Gasteiger partial charge in [0.25, 0.3) is 5.91 Å². The molecule has 0 aromatic carbocycles. The Hall–Kier alpha value is -3.42. The third-order valence-electron chi connectivity index (χ3n) is 6.06. The molecule has 8 heteroatoms. The quantitative estimate of drug-likeness (QED) is 0.713. The van der Waals surface area contributed by atoms with Crippen LogP contribution in [0.3, 0.4) is 0 Å². The largest absolute Gasteiger partial charge is 0.371 e. The number of carbonyl (C=O) groups excluding carboxylic acids is 2. The lowest BCUT2D eigenvalue weighted by Gasteiger charge is -2.40. The predicted molar refractivity (Wildman–Crippen MR) is 112 cm³/mol. The second-order valence-corrected chi connectivity index (χ2v) is 8.08. The molecule has 3 aromatic heterocycles. The van der Waals surface area contributed by atoms with E-state index in [1.54, 1.807) is 23.0 Å². The fraction of sp³-hybridized carbons (Fsp3) is 0.364. The topological polar surface area (TPSA) is 82.8 Å². The van der Waals surface area contributed by atoms with E-state index in [0.717, 1.165) is 36.4 Å². The number of pyridine rings is 2. The van der Waals surface area contributed by atoms with Gasteiger partial charge in [0.05, 0.1) is 18.2 Å². The first-order valence-electron chi connectivity index (χ1n) is 10.3. The van der Waals surface area contributed by atoms with E-state index in [-0.39, 0.29) is 23.8 Å². The molecule has 30 heavy (non-hydrogen) atoms. The molecule has 0 spiro atoms. The zero-order valence-electron chi connectivity index (χ0n) is 16.9. The number of amides is 2. The third kappa shape index (κ3) is 3.28. The van der Waals surface area contributed by atoms with Crippen LogP contribution >= 0.6 is 0 Å². The summed E-state index contributed by atoms with van der Waals surface area (Å²) in [4.78, 5) is 38.0. The van der Waals surface area contributed by atoms with Gasteiger partial charge in [0.2, 0.25) is 5.91 Å². The van der Waals surface area contributed by atoms with E-state index in [1.165, 1.54) is 0 Å². The van der Waals surface area contributed by atoms with E-state index < -0.39 is 0 Å². The fourth-order valence-corrected chi connectivity index (χ4v) is 4.34. The number of carbonyl (C=O) groups is 2. The van der Waals surface area contributed by atoms with Crippen molar-refractivity contribution >= 4 is 23.1 Å². The van der Waals surface area contributed by atoms with E-state index in [9.17, 15) is 9.59 Å². The Bertz CT molecular complexity index is 1090. The Morgan fingerprint density at radius 2 is 1.93 bits per heavy atom. The van der Waals surface area contributed by atoms with Crippen molar-refractivity contribution in [2.45, 2.75) is 19.4 Å². The second kappa shape index (κ2) is 7.44. The fourth-order valence-electron chi connectivity index (χ4n) is 4.34. The molecular formula is C22H24N6O2. The monoisotopic (exact) mass is 404 g/mol. The molecule has 0 aliphatic carbocycles. The molecule has 2 saturated heterocycles. The summed E-state index contributed by atoms with van der Waals surface area (Å²) in [6.45, 7) is 4.70. The minimum absolute atomic E-state index is 0.0107. The number of anilines is 1. The number of nitrogens with zero attached hydrogens (tertiary/aromatic N) is 5. The first-order chi connectivity index (χ1) is 14.6. The number of likely N-dealkylation sites (tertiary alicyclic amines) is 1. The summed E-state index contributed by atoms with van der Waals surface area (Å²) in [5.74, 6) is 0.0361. The van der Waals surface area contributed by atoms with E-state index in [1.807, 2.05) is 42.3 Å². The number of rotatable bonds is 4. The van der Waals surface area contributed by atoms with Crippen LogP contribution in [-0.2, 0) is 4.79 Å². The molecule has 1 atom stereocenters. The third-order valence-corrected chi connectivity index (χ3v) is 6.06. The van der Waals surface area contributed by atoms with Crippen molar-refractivity contribution in [1.82, 2.24) is 24.6 Å². The summed E-state index contributed by atoms with van der Waals surface area (Å²) in [5.41, 5.74) is 3.43. The van der Waals surface area contributed by atoms with Gasteiger partial charge in [-0.1, -0.05) is 6.07 Å². The number of aromatic nitrogens is 3. The molecule has 5 rings (SSSR count). The van der Waals surface area contributed by atoms with Crippen LogP contribution in [-0.4, -0.2) is 63.3 Å². The molecule has 2 aliphatic heterocycles. The Morgan fingerprint density at radius 1 is 1.13 bits per heavy atom. The highest BCUT2D eigenvalue weighted by Crippen LogP contribution is 2.26. The zero-order chi connectivity index (χ0) is 20.7. The van der Waals surface area contributed by atoms with Crippen molar-refractivity contribution < 1.29 is 9.59 Å². The van der Waals surface area contributed by atoms with Gasteiger partial charge in [0.15, 0.2) is 0 Å². The lowest BCUT2D eigenvalue weighted by Crippen LogP contribution is -2.62. The van der Waals surface area contributed by atoms with Crippen molar-refractivity contribution in [3.8, 4) is 0 Å². The molecule has 5 heterocycles. The molecule has 1 unspecified atom stereocenters. The number of nitrogens with one attached hydrogen (secondary N) is 1. The summed E-state index contributed by atoms with van der Waals surface area (Å²) in [6.07, 6.45) is 7.85. The molecular weight excluding hydrogens is 380 g/mol. The number of hydrogen-bond acceptors (Lipinski definition) is 5. The van der Waals surface area contributed by atoms with Crippen LogP contribution in [0.2, 0.25) is 0 Å². The van der Waals surface area contributed by atoms with Crippen LogP contribution in [0, 0.1) is 12.8 Å². The van der Waals surface area contributed by atoms with Crippen LogP contribution in [0.1, 0.15) is 22.5 Å². The lowest BCUT2D eigenvalue weighted by atomic mass is 10.0. The summed E-state index contributed by atoms with van der Waals surface area (Å²) < 4.78 is 1.80. The van der Waals surface area contributed by atoms with Crippen LogP contribution in [0.4, 0.5) is 5.69 Å². The zero-order valence-corrected chi connectivity index (χ0v) is 16.9. The van der Waals surface area contributed by atoms with Crippen molar-refractivity contribution in [3.05, 3.63) is 60.3 Å². The Kier molecular flexibility index (Phi) is 4.61. The number of imidazole rings is 1. The smallest absolute Gasteiger partial charge is 0.270 e. The van der Waals surface area contributed by atoms with Crippen molar-refractivity contribution in [2.24, 2.45) is 5.92 Å². The number of fused-ring (bicyclic) bond motifs is 1. The van der Waals surface area contributed by atoms with Crippen LogP contribution in [0.15, 0.2) is 49.1 Å². The summed E-state index contributed by atoms with van der Waals surface area (Å²) >= 11 is 0. The Labute approximate surface area is 174 Å². The summed E-state index contributed by atoms with van der Waals surface area (Å²) in [7, 11) is 0. The number of hydrogen-bond donors (Lipinski definition) is 1. The standard InChI is InChI=1S/C22H24N6O2/c1-15-3-2-9-28-19(11-24-20(15)28)21(29)25-17-13-27(14-17)22(30)16-6-10-26(12-16)18-4-7-23-8-5-18/h2-5,7-9,11,16-17H,6,10,12-14H2,1H3,(H,25,29). The average Bonchev–Trinajstić information content (AvgIpc) is 3.39. The van der Waals surface area contributed by atoms with Gasteiger partial charge in [-0.05, 0) is 37.1 Å². The van der Waals surface area contributed by atoms with E-state index in [4.69, 9.17) is 0 Å². The summed E-state index contributed by atoms with van der Waals surface area (Å²) in [5, 5.41) is 3.03. The second-order valence-electron chi connectivity index (χ2n) is 8.08. The molecule has 2 amide bonds. The molecule has 2 aliphatic rings. The highest BCUT2D eigenvalue weighted by atomic mass is 16.2. The highest BCUT2D eigenvalue weighted by molar-refractivity contribution is 5.94. The first-order valence-corrected chi connectivity index (χ1v) is 10.3. The highest BCUT2D eigenvalue weighted by Gasteiger charge is 2.38. The molecule has 0 bridgehead atoms. The van der Waals surface area contributed by atoms with Gasteiger partial charge in [-0.25, -0.2) is 4.98 Å². The maximum absolute atomic E-state index is 12.8. The normalized spacial score (nSPS) is 19.2. The van der Waals surface area contributed by atoms with Gasteiger partial charge in [-0.15, -0.1) is 0 Å². The van der Waals surface area contributed by atoms with Gasteiger partial charge in [0.1, 0.15) is 11.3 Å². The molecule has 0 radical (unpaired) electrons. The molecule has 8 nitrogen and oxygen atoms in total. The van der Waals surface area contributed by atoms with Gasteiger partial charge in [-0.3, -0.25) is 19.0 Å². The van der Waals surface area contributed by atoms with Crippen molar-refractivity contribution in [1.29, 1.82) is 0 Å². The van der Waals surface area contributed by atoms with E-state index >= 15 is 0 Å². The average molecular weight is 404 g/mol. The van der Waals surface area contributed by atoms with Gasteiger partial charge in [-0.2, -0.15) is 0 Å². The van der Waals surface area contributed by atoms with E-state index in [2.05, 4.69) is 20.2 Å². The van der Waals surface area contributed by atoms with Crippen LogP contribution in [0.25, 0.3) is 5.65 Å². The SMILES string of the molecule is Cc1cccn2c(C(=O)NC3CN(C(=O)C4CCN(c5ccncc5)C4)C3)cnc12. The van der Waals surface area contributed by atoms with E-state index in [0.29, 0.717) is 18.8 Å². The van der Waals surface area contributed by atoms with Crippen LogP contribution in [0.5, 0.6) is 0 Å². The maximum atomic E-state index is 12.8.